The molecule has 1 aromatic heterocycles. The third-order valence-corrected chi connectivity index (χ3v) is 3.92. The van der Waals surface area contributed by atoms with Crippen LogP contribution in [-0.4, -0.2) is 15.9 Å². The molecule has 3 rings (SSSR count). The van der Waals surface area contributed by atoms with Gasteiger partial charge in [-0.15, -0.1) is 0 Å². The van der Waals surface area contributed by atoms with Gasteiger partial charge in [0.15, 0.2) is 0 Å². The standard InChI is InChI=1S/C20H20N4O/c1-13-8-9-17(15(3)10-13)24-20(25)18-11-22-19(12-21-18)23-16-7-5-4-6-14(16)2/h4-12H,1-3H3,(H,22,23)(H,24,25). The van der Waals surface area contributed by atoms with Gasteiger partial charge in [-0.1, -0.05) is 35.9 Å². The first-order valence-electron chi connectivity index (χ1n) is 8.06. The van der Waals surface area contributed by atoms with Crippen molar-refractivity contribution in [1.29, 1.82) is 0 Å². The molecule has 0 spiro atoms. The predicted molar refractivity (Wildman–Crippen MR) is 100 cm³/mol. The average Bonchev–Trinajstić information content (AvgIpc) is 2.60. The van der Waals surface area contributed by atoms with E-state index in [1.54, 1.807) is 6.20 Å². The Kier molecular flexibility index (Phi) is 4.75. The molecule has 0 bridgehead atoms. The van der Waals surface area contributed by atoms with Crippen LogP contribution in [0.5, 0.6) is 0 Å². The van der Waals surface area contributed by atoms with Crippen LogP contribution in [0.3, 0.4) is 0 Å². The highest BCUT2D eigenvalue weighted by atomic mass is 16.1. The van der Waals surface area contributed by atoms with Gasteiger partial charge in [0.1, 0.15) is 11.5 Å². The molecule has 0 saturated carbocycles. The van der Waals surface area contributed by atoms with Gasteiger partial charge in [-0.25, -0.2) is 9.97 Å². The van der Waals surface area contributed by atoms with Crippen LogP contribution in [0.4, 0.5) is 17.2 Å². The first kappa shape index (κ1) is 16.6. The summed E-state index contributed by atoms with van der Waals surface area (Å²) in [5.74, 6) is 0.319. The summed E-state index contributed by atoms with van der Waals surface area (Å²) in [6.45, 7) is 6.00. The smallest absolute Gasteiger partial charge is 0.275 e. The van der Waals surface area contributed by atoms with E-state index in [9.17, 15) is 4.79 Å². The minimum absolute atomic E-state index is 0.273. The van der Waals surface area contributed by atoms with Crippen molar-refractivity contribution in [3.8, 4) is 0 Å². The average molecular weight is 332 g/mol. The van der Waals surface area contributed by atoms with Crippen LogP contribution in [0, 0.1) is 20.8 Å². The Morgan fingerprint density at radius 1 is 0.880 bits per heavy atom. The van der Waals surface area contributed by atoms with E-state index in [0.717, 1.165) is 28.1 Å². The minimum Gasteiger partial charge on any atom is -0.339 e. The van der Waals surface area contributed by atoms with Crippen LogP contribution < -0.4 is 10.6 Å². The predicted octanol–water partition coefficient (Wildman–Crippen LogP) is 4.40. The third-order valence-electron chi connectivity index (χ3n) is 3.92. The maximum absolute atomic E-state index is 12.3. The van der Waals surface area contributed by atoms with Crippen LogP contribution in [0.25, 0.3) is 0 Å². The Morgan fingerprint density at radius 2 is 1.68 bits per heavy atom. The number of hydrogen-bond donors (Lipinski definition) is 2. The van der Waals surface area contributed by atoms with Gasteiger partial charge in [-0.2, -0.15) is 0 Å². The Labute approximate surface area is 147 Å². The number of amides is 1. The van der Waals surface area contributed by atoms with E-state index in [1.165, 1.54) is 6.20 Å². The minimum atomic E-state index is -0.276. The van der Waals surface area contributed by atoms with Crippen molar-refractivity contribution >= 4 is 23.1 Å². The molecule has 1 amide bonds. The number of nitrogens with one attached hydrogen (secondary N) is 2. The number of rotatable bonds is 4. The molecule has 0 radical (unpaired) electrons. The van der Waals surface area contributed by atoms with Crippen molar-refractivity contribution < 1.29 is 4.79 Å². The number of hydrogen-bond acceptors (Lipinski definition) is 4. The largest absolute Gasteiger partial charge is 0.339 e. The van der Waals surface area contributed by atoms with Gasteiger partial charge in [0, 0.05) is 11.4 Å². The molecule has 5 heteroatoms. The first-order valence-corrected chi connectivity index (χ1v) is 8.06. The summed E-state index contributed by atoms with van der Waals surface area (Å²) in [4.78, 5) is 20.8. The zero-order valence-corrected chi connectivity index (χ0v) is 14.5. The highest BCUT2D eigenvalue weighted by Gasteiger charge is 2.10. The molecular weight excluding hydrogens is 312 g/mol. The summed E-state index contributed by atoms with van der Waals surface area (Å²) in [7, 11) is 0. The fourth-order valence-corrected chi connectivity index (χ4v) is 2.50. The number of nitrogens with zero attached hydrogens (tertiary/aromatic N) is 2. The second kappa shape index (κ2) is 7.13. The van der Waals surface area contributed by atoms with Crippen LogP contribution in [0.15, 0.2) is 54.9 Å². The molecule has 0 aliphatic rings. The van der Waals surface area contributed by atoms with E-state index in [0.29, 0.717) is 5.82 Å². The lowest BCUT2D eigenvalue weighted by Gasteiger charge is -2.10. The van der Waals surface area contributed by atoms with Gasteiger partial charge in [0.25, 0.3) is 5.91 Å². The van der Waals surface area contributed by atoms with Gasteiger partial charge < -0.3 is 10.6 Å². The molecule has 1 heterocycles. The zero-order chi connectivity index (χ0) is 17.8. The van der Waals surface area contributed by atoms with Gasteiger partial charge in [-0.3, -0.25) is 4.79 Å². The van der Waals surface area contributed by atoms with Crippen molar-refractivity contribution in [3.05, 3.63) is 77.2 Å². The number of benzene rings is 2. The molecule has 2 aromatic carbocycles. The van der Waals surface area contributed by atoms with E-state index in [-0.39, 0.29) is 11.6 Å². The zero-order valence-electron chi connectivity index (χ0n) is 14.5. The molecule has 0 atom stereocenters. The highest BCUT2D eigenvalue weighted by Crippen LogP contribution is 2.19. The van der Waals surface area contributed by atoms with Crippen LogP contribution in [0.2, 0.25) is 0 Å². The maximum Gasteiger partial charge on any atom is 0.275 e. The van der Waals surface area contributed by atoms with Crippen molar-refractivity contribution in [2.24, 2.45) is 0 Å². The van der Waals surface area contributed by atoms with Crippen LogP contribution >= 0.6 is 0 Å². The monoisotopic (exact) mass is 332 g/mol. The molecular formula is C20H20N4O. The fraction of sp³-hybridized carbons (Fsp3) is 0.150. The number of carbonyl (C=O) groups excluding carboxylic acids is 1. The molecule has 5 nitrogen and oxygen atoms in total. The highest BCUT2D eigenvalue weighted by molar-refractivity contribution is 6.03. The molecule has 3 aromatic rings. The normalized spacial score (nSPS) is 10.4. The number of carbonyl (C=O) groups is 1. The van der Waals surface area contributed by atoms with E-state index < -0.39 is 0 Å². The molecule has 0 fully saturated rings. The van der Waals surface area contributed by atoms with E-state index >= 15 is 0 Å². The Bertz CT molecular complexity index is 904. The molecule has 0 aliphatic heterocycles. The molecule has 0 aliphatic carbocycles. The van der Waals surface area contributed by atoms with Gasteiger partial charge in [0.2, 0.25) is 0 Å². The molecule has 25 heavy (non-hydrogen) atoms. The Balaban J connectivity index is 1.71. The van der Waals surface area contributed by atoms with Gasteiger partial charge in [-0.05, 0) is 44.0 Å². The first-order chi connectivity index (χ1) is 12.0. The lowest BCUT2D eigenvalue weighted by molar-refractivity contribution is 0.102. The van der Waals surface area contributed by atoms with Crippen molar-refractivity contribution in [3.63, 3.8) is 0 Å². The number of aromatic nitrogens is 2. The van der Waals surface area contributed by atoms with Crippen molar-refractivity contribution in [1.82, 2.24) is 9.97 Å². The lowest BCUT2D eigenvalue weighted by atomic mass is 10.1. The Morgan fingerprint density at radius 3 is 2.36 bits per heavy atom. The SMILES string of the molecule is Cc1ccc(NC(=O)c2cnc(Nc3ccccc3C)cn2)c(C)c1. The summed E-state index contributed by atoms with van der Waals surface area (Å²) in [5.41, 5.74) is 5.29. The van der Waals surface area contributed by atoms with Crippen LogP contribution in [-0.2, 0) is 0 Å². The number of para-hydroxylation sites is 1. The Hall–Kier alpha value is -3.21. The van der Waals surface area contributed by atoms with E-state index in [4.69, 9.17) is 0 Å². The summed E-state index contributed by atoms with van der Waals surface area (Å²) < 4.78 is 0. The summed E-state index contributed by atoms with van der Waals surface area (Å²) in [5, 5.41) is 6.07. The third kappa shape index (κ3) is 4.01. The fourth-order valence-electron chi connectivity index (χ4n) is 2.50. The molecule has 2 N–H and O–H groups in total. The second-order valence-corrected chi connectivity index (χ2v) is 6.00. The number of aryl methyl sites for hydroxylation is 3. The lowest BCUT2D eigenvalue weighted by Crippen LogP contribution is -2.15. The summed E-state index contributed by atoms with van der Waals surface area (Å²) in [6, 6.07) is 13.8. The summed E-state index contributed by atoms with van der Waals surface area (Å²) in [6.07, 6.45) is 3.03. The molecule has 126 valence electrons. The quantitative estimate of drug-likeness (QED) is 0.743. The molecule has 0 unspecified atom stereocenters. The summed E-state index contributed by atoms with van der Waals surface area (Å²) >= 11 is 0. The van der Waals surface area contributed by atoms with Gasteiger partial charge >= 0.3 is 0 Å². The second-order valence-electron chi connectivity index (χ2n) is 6.00. The van der Waals surface area contributed by atoms with E-state index in [2.05, 4.69) is 20.6 Å². The van der Waals surface area contributed by atoms with Crippen molar-refractivity contribution in [2.45, 2.75) is 20.8 Å². The maximum atomic E-state index is 12.3. The topological polar surface area (TPSA) is 66.9 Å². The van der Waals surface area contributed by atoms with Gasteiger partial charge in [0.05, 0.1) is 12.4 Å². The van der Waals surface area contributed by atoms with Crippen molar-refractivity contribution in [2.75, 3.05) is 10.6 Å². The van der Waals surface area contributed by atoms with E-state index in [1.807, 2.05) is 63.2 Å². The number of anilines is 3. The molecule has 0 saturated heterocycles. The van der Waals surface area contributed by atoms with Crippen LogP contribution in [0.1, 0.15) is 27.2 Å².